The minimum atomic E-state index is -0.911. The minimum Gasteiger partial charge on any atom is -0.507 e. The first-order chi connectivity index (χ1) is 17.9. The van der Waals surface area contributed by atoms with E-state index in [2.05, 4.69) is 17.2 Å². The van der Waals surface area contributed by atoms with E-state index >= 15 is 0 Å². The van der Waals surface area contributed by atoms with Gasteiger partial charge in [-0.2, -0.15) is 0 Å². The van der Waals surface area contributed by atoms with Crippen molar-refractivity contribution in [3.05, 3.63) is 89.8 Å². The highest BCUT2D eigenvalue weighted by molar-refractivity contribution is 6.51. The molecule has 0 spiro atoms. The predicted molar refractivity (Wildman–Crippen MR) is 141 cm³/mol. The van der Waals surface area contributed by atoms with Gasteiger partial charge in [0.15, 0.2) is 0 Å². The zero-order valence-electron chi connectivity index (χ0n) is 20.8. The summed E-state index contributed by atoms with van der Waals surface area (Å²) in [6.45, 7) is 4.11. The molecule has 2 N–H and O–H groups in total. The van der Waals surface area contributed by atoms with E-state index in [1.54, 1.807) is 73.1 Å². The number of benzene rings is 2. The summed E-state index contributed by atoms with van der Waals surface area (Å²) in [7, 11) is 0. The highest BCUT2D eigenvalue weighted by atomic mass is 16.5. The van der Waals surface area contributed by atoms with Gasteiger partial charge in [0.1, 0.15) is 11.5 Å². The molecule has 37 heavy (non-hydrogen) atoms. The van der Waals surface area contributed by atoms with E-state index in [1.807, 2.05) is 0 Å². The van der Waals surface area contributed by atoms with Crippen LogP contribution in [0.25, 0.3) is 5.76 Å². The molecule has 1 aliphatic rings. The number of Topliss-reactive ketones (excluding diaryl/α,β-unsaturated/α-hetero) is 1. The highest BCUT2D eigenvalue weighted by Crippen LogP contribution is 2.42. The zero-order valence-corrected chi connectivity index (χ0v) is 20.8. The van der Waals surface area contributed by atoms with Crippen LogP contribution >= 0.6 is 0 Å². The molecule has 1 aliphatic heterocycles. The third kappa shape index (κ3) is 5.69. The van der Waals surface area contributed by atoms with Crippen molar-refractivity contribution in [2.24, 2.45) is 0 Å². The Hall–Kier alpha value is -4.46. The van der Waals surface area contributed by atoms with Gasteiger partial charge < -0.3 is 15.2 Å². The first-order valence-electron chi connectivity index (χ1n) is 12.2. The average molecular weight is 500 g/mol. The number of nitrogens with zero attached hydrogens (tertiary/aromatic N) is 2. The molecular formula is C29H29N3O5. The number of ether oxygens (including phenoxy) is 1. The Labute approximate surface area is 215 Å². The summed E-state index contributed by atoms with van der Waals surface area (Å²) in [4.78, 5) is 43.6. The molecule has 2 heterocycles. The molecule has 0 saturated carbocycles. The van der Waals surface area contributed by atoms with Gasteiger partial charge in [0.25, 0.3) is 11.7 Å². The van der Waals surface area contributed by atoms with Crippen molar-refractivity contribution < 1.29 is 24.2 Å². The number of rotatable bonds is 9. The smallest absolute Gasteiger partial charge is 0.300 e. The lowest BCUT2D eigenvalue weighted by atomic mass is 9.96. The topological polar surface area (TPSA) is 109 Å². The maximum absolute atomic E-state index is 13.3. The molecule has 1 saturated heterocycles. The van der Waals surface area contributed by atoms with Crippen molar-refractivity contribution in [3.63, 3.8) is 0 Å². The van der Waals surface area contributed by atoms with E-state index in [1.165, 1.54) is 11.8 Å². The number of nitrogens with one attached hydrogen (secondary N) is 1. The van der Waals surface area contributed by atoms with Crippen LogP contribution in [0.1, 0.15) is 50.3 Å². The van der Waals surface area contributed by atoms with Crippen molar-refractivity contribution in [1.29, 1.82) is 0 Å². The number of aliphatic hydroxyl groups is 1. The van der Waals surface area contributed by atoms with Gasteiger partial charge in [-0.3, -0.25) is 24.3 Å². The molecule has 8 heteroatoms. The number of hydrogen-bond donors (Lipinski definition) is 2. The molecule has 1 unspecified atom stereocenters. The number of pyridine rings is 1. The zero-order chi connectivity index (χ0) is 26.4. The van der Waals surface area contributed by atoms with Crippen molar-refractivity contribution in [2.75, 3.05) is 16.8 Å². The lowest BCUT2D eigenvalue weighted by molar-refractivity contribution is -0.132. The standard InChI is InChI=1S/C29H29N3O5/c1-3-4-5-16-37-24-13-11-20(12-14-24)27(34)25-26(21-8-7-15-30-18-21)32(29(36)28(25)35)23-10-6-9-22(17-23)31-19(2)33/h6-15,17-18,26,34H,3-5,16H2,1-2H3,(H,31,33)/b27-25+. The number of carbonyl (C=O) groups excluding carboxylic acids is 3. The molecule has 0 bridgehead atoms. The van der Waals surface area contributed by atoms with Crippen LogP contribution in [0.3, 0.4) is 0 Å². The fourth-order valence-electron chi connectivity index (χ4n) is 4.30. The molecule has 1 fully saturated rings. The van der Waals surface area contributed by atoms with E-state index < -0.39 is 17.7 Å². The molecule has 0 aliphatic carbocycles. The summed E-state index contributed by atoms with van der Waals surface area (Å²) >= 11 is 0. The van der Waals surface area contributed by atoms with Crippen LogP contribution in [0.5, 0.6) is 5.75 Å². The molecule has 8 nitrogen and oxygen atoms in total. The maximum atomic E-state index is 13.3. The summed E-state index contributed by atoms with van der Waals surface area (Å²) in [5.74, 6) is -1.49. The Morgan fingerprint density at radius 1 is 1.08 bits per heavy atom. The normalized spacial score (nSPS) is 16.6. The summed E-state index contributed by atoms with van der Waals surface area (Å²) in [6, 6.07) is 16.0. The van der Waals surface area contributed by atoms with Crippen LogP contribution in [-0.2, 0) is 14.4 Å². The number of aliphatic hydroxyl groups excluding tert-OH is 1. The van der Waals surface area contributed by atoms with Crippen molar-refractivity contribution in [1.82, 2.24) is 4.98 Å². The second-order valence-electron chi connectivity index (χ2n) is 8.77. The lowest BCUT2D eigenvalue weighted by Gasteiger charge is -2.25. The Morgan fingerprint density at radius 3 is 2.54 bits per heavy atom. The summed E-state index contributed by atoms with van der Waals surface area (Å²) in [5, 5.41) is 14.0. The van der Waals surface area contributed by atoms with Crippen LogP contribution < -0.4 is 15.0 Å². The van der Waals surface area contributed by atoms with E-state index in [9.17, 15) is 19.5 Å². The van der Waals surface area contributed by atoms with E-state index in [-0.39, 0.29) is 17.2 Å². The fraction of sp³-hybridized carbons (Fsp3) is 0.241. The van der Waals surface area contributed by atoms with Gasteiger partial charge in [-0.15, -0.1) is 0 Å². The third-order valence-electron chi connectivity index (χ3n) is 6.03. The largest absolute Gasteiger partial charge is 0.507 e. The first kappa shape index (κ1) is 25.6. The molecule has 1 aromatic heterocycles. The Balaban J connectivity index is 1.74. The predicted octanol–water partition coefficient (Wildman–Crippen LogP) is 5.24. The van der Waals surface area contributed by atoms with E-state index in [0.29, 0.717) is 34.9 Å². The minimum absolute atomic E-state index is 0.0421. The van der Waals surface area contributed by atoms with Gasteiger partial charge in [-0.05, 0) is 60.5 Å². The number of ketones is 1. The quantitative estimate of drug-likeness (QED) is 0.180. The molecule has 190 valence electrons. The summed E-state index contributed by atoms with van der Waals surface area (Å²) in [6.07, 6.45) is 6.29. The van der Waals surface area contributed by atoms with Crippen LogP contribution in [0.15, 0.2) is 78.6 Å². The first-order valence-corrected chi connectivity index (χ1v) is 12.2. The van der Waals surface area contributed by atoms with Gasteiger partial charge in [0.05, 0.1) is 18.2 Å². The second-order valence-corrected chi connectivity index (χ2v) is 8.77. The number of anilines is 2. The maximum Gasteiger partial charge on any atom is 0.300 e. The molecular weight excluding hydrogens is 470 g/mol. The van der Waals surface area contributed by atoms with Crippen LogP contribution in [0.2, 0.25) is 0 Å². The number of amides is 2. The van der Waals surface area contributed by atoms with E-state index in [4.69, 9.17) is 4.74 Å². The number of hydrogen-bond acceptors (Lipinski definition) is 6. The fourth-order valence-corrected chi connectivity index (χ4v) is 4.30. The molecule has 1 atom stereocenters. The molecule has 4 rings (SSSR count). The second kappa shape index (κ2) is 11.5. The van der Waals surface area contributed by atoms with Crippen molar-refractivity contribution >= 4 is 34.7 Å². The summed E-state index contributed by atoms with van der Waals surface area (Å²) < 4.78 is 5.75. The Morgan fingerprint density at radius 2 is 1.86 bits per heavy atom. The number of unbranched alkanes of at least 4 members (excludes halogenated alkanes) is 2. The third-order valence-corrected chi connectivity index (χ3v) is 6.03. The lowest BCUT2D eigenvalue weighted by Crippen LogP contribution is -2.29. The number of carbonyl (C=O) groups is 3. The van der Waals surface area contributed by atoms with Gasteiger partial charge in [-0.25, -0.2) is 0 Å². The van der Waals surface area contributed by atoms with Gasteiger partial charge in [-0.1, -0.05) is 31.9 Å². The van der Waals surface area contributed by atoms with Crippen LogP contribution in [0.4, 0.5) is 11.4 Å². The average Bonchev–Trinajstić information content (AvgIpc) is 3.17. The van der Waals surface area contributed by atoms with Crippen molar-refractivity contribution in [2.45, 2.75) is 39.2 Å². The van der Waals surface area contributed by atoms with Gasteiger partial charge in [0.2, 0.25) is 5.91 Å². The van der Waals surface area contributed by atoms with Crippen LogP contribution in [0, 0.1) is 0 Å². The van der Waals surface area contributed by atoms with Crippen molar-refractivity contribution in [3.8, 4) is 5.75 Å². The van der Waals surface area contributed by atoms with Gasteiger partial charge >= 0.3 is 0 Å². The Bertz CT molecular complexity index is 1320. The van der Waals surface area contributed by atoms with Gasteiger partial charge in [0, 0.05) is 36.3 Å². The molecule has 2 amide bonds. The molecule has 3 aromatic rings. The SMILES string of the molecule is CCCCCOc1ccc(/C(O)=C2\C(=O)C(=O)N(c3cccc(NC(C)=O)c3)C2c2cccnc2)cc1. The molecule has 2 aromatic carbocycles. The Kier molecular flexibility index (Phi) is 7.98. The van der Waals surface area contributed by atoms with E-state index in [0.717, 1.165) is 19.3 Å². The van der Waals surface area contributed by atoms with Crippen LogP contribution in [-0.4, -0.2) is 34.3 Å². The highest BCUT2D eigenvalue weighted by Gasteiger charge is 2.47. The molecule has 0 radical (unpaired) electrons. The summed E-state index contributed by atoms with van der Waals surface area (Å²) in [5.41, 5.74) is 1.78. The monoisotopic (exact) mass is 499 g/mol. The number of aromatic nitrogens is 1.